The zero-order valence-electron chi connectivity index (χ0n) is 12.2. The Morgan fingerprint density at radius 3 is 2.78 bits per heavy atom. The molecular formula is C17H12BrNO3S. The predicted octanol–water partition coefficient (Wildman–Crippen LogP) is 5.04. The van der Waals surface area contributed by atoms with Crippen LogP contribution in [0.1, 0.15) is 4.88 Å². The number of carbonyl (C=O) groups is 1. The van der Waals surface area contributed by atoms with Crippen LogP contribution in [0.15, 0.2) is 53.3 Å². The van der Waals surface area contributed by atoms with Crippen LogP contribution >= 0.6 is 27.3 Å². The molecular weight excluding hydrogens is 378 g/mol. The second-order valence-electron chi connectivity index (χ2n) is 4.61. The topological polar surface area (TPSA) is 48.4 Å². The molecule has 0 N–H and O–H groups in total. The number of rotatable bonds is 4. The molecule has 0 bridgehead atoms. The second-order valence-corrected chi connectivity index (χ2v) is 6.64. The van der Waals surface area contributed by atoms with Gasteiger partial charge in [-0.15, -0.1) is 11.3 Å². The normalized spacial score (nSPS) is 11.0. The minimum absolute atomic E-state index is 0.382. The molecule has 0 fully saturated rings. The highest BCUT2D eigenvalue weighted by Crippen LogP contribution is 2.35. The zero-order valence-corrected chi connectivity index (χ0v) is 14.6. The lowest BCUT2D eigenvalue weighted by Crippen LogP contribution is -1.92. The summed E-state index contributed by atoms with van der Waals surface area (Å²) in [5.41, 5.74) is 0. The number of carbonyl (C=O) groups excluding carboxylic acids is 1. The zero-order chi connectivity index (χ0) is 16.2. The van der Waals surface area contributed by atoms with Crippen molar-refractivity contribution in [1.29, 1.82) is 0 Å². The number of methoxy groups -OCH3 is 1. The van der Waals surface area contributed by atoms with E-state index >= 15 is 0 Å². The molecule has 116 valence electrons. The quantitative estimate of drug-likeness (QED) is 0.463. The number of aromatic nitrogens is 1. The van der Waals surface area contributed by atoms with Crippen molar-refractivity contribution in [2.24, 2.45) is 0 Å². The first kappa shape index (κ1) is 15.7. The number of nitrogens with zero attached hydrogens (tertiary/aromatic N) is 1. The van der Waals surface area contributed by atoms with Gasteiger partial charge in [-0.3, -0.25) is 4.98 Å². The van der Waals surface area contributed by atoms with Gasteiger partial charge in [0.2, 0.25) is 0 Å². The van der Waals surface area contributed by atoms with E-state index in [9.17, 15) is 4.79 Å². The van der Waals surface area contributed by atoms with Crippen LogP contribution < -0.4 is 4.74 Å². The number of fused-ring (bicyclic) bond motifs is 1. The van der Waals surface area contributed by atoms with Gasteiger partial charge in [-0.2, -0.15) is 0 Å². The summed E-state index contributed by atoms with van der Waals surface area (Å²) in [5, 5.41) is 0.956. The number of pyridine rings is 1. The molecule has 0 aliphatic heterocycles. The van der Waals surface area contributed by atoms with Crippen molar-refractivity contribution >= 4 is 49.4 Å². The van der Waals surface area contributed by atoms with Gasteiger partial charge < -0.3 is 9.47 Å². The van der Waals surface area contributed by atoms with Gasteiger partial charge in [-0.05, 0) is 36.4 Å². The van der Waals surface area contributed by atoms with Gasteiger partial charge in [-0.1, -0.05) is 15.9 Å². The number of ether oxygens (including phenoxy) is 2. The smallest absolute Gasteiger partial charge is 0.330 e. The number of hydrogen-bond acceptors (Lipinski definition) is 5. The van der Waals surface area contributed by atoms with E-state index < -0.39 is 0 Å². The van der Waals surface area contributed by atoms with Gasteiger partial charge in [0.1, 0.15) is 5.75 Å². The highest BCUT2D eigenvalue weighted by molar-refractivity contribution is 9.10. The third-order valence-corrected chi connectivity index (χ3v) is 4.62. The summed E-state index contributed by atoms with van der Waals surface area (Å²) < 4.78 is 12.5. The van der Waals surface area contributed by atoms with E-state index in [0.29, 0.717) is 5.75 Å². The Hall–Kier alpha value is -2.18. The van der Waals surface area contributed by atoms with Crippen LogP contribution in [0.3, 0.4) is 0 Å². The SMILES string of the molecule is COC(=O)C=Cc1cc2c(Oc3ccc(Br)cc3)cncc2s1. The van der Waals surface area contributed by atoms with Gasteiger partial charge in [0.05, 0.1) is 18.0 Å². The average Bonchev–Trinajstić information content (AvgIpc) is 2.99. The van der Waals surface area contributed by atoms with Crippen LogP contribution in [-0.4, -0.2) is 18.1 Å². The fourth-order valence-electron chi connectivity index (χ4n) is 1.97. The molecule has 0 atom stereocenters. The van der Waals surface area contributed by atoms with Crippen molar-refractivity contribution in [1.82, 2.24) is 4.98 Å². The van der Waals surface area contributed by atoms with Crippen molar-refractivity contribution in [3.05, 3.63) is 58.2 Å². The molecule has 0 aliphatic carbocycles. The van der Waals surface area contributed by atoms with Crippen molar-refractivity contribution in [2.45, 2.75) is 0 Å². The number of benzene rings is 1. The summed E-state index contributed by atoms with van der Waals surface area (Å²) in [6, 6.07) is 9.57. The van der Waals surface area contributed by atoms with Crippen LogP contribution in [0.5, 0.6) is 11.5 Å². The fourth-order valence-corrected chi connectivity index (χ4v) is 3.18. The van der Waals surface area contributed by atoms with Crippen molar-refractivity contribution in [2.75, 3.05) is 7.11 Å². The third kappa shape index (κ3) is 3.78. The Balaban J connectivity index is 1.92. The minimum Gasteiger partial charge on any atom is -0.466 e. The third-order valence-electron chi connectivity index (χ3n) is 3.06. The predicted molar refractivity (Wildman–Crippen MR) is 94.9 cm³/mol. The van der Waals surface area contributed by atoms with E-state index in [1.807, 2.05) is 30.3 Å². The molecule has 6 heteroatoms. The number of halogens is 1. The lowest BCUT2D eigenvalue weighted by molar-refractivity contribution is -0.134. The summed E-state index contributed by atoms with van der Waals surface area (Å²) in [6.07, 6.45) is 6.59. The second kappa shape index (κ2) is 6.93. The molecule has 3 rings (SSSR count). The highest BCUT2D eigenvalue weighted by atomic mass is 79.9. The monoisotopic (exact) mass is 389 g/mol. The fraction of sp³-hybridized carbons (Fsp3) is 0.0588. The van der Waals surface area contributed by atoms with Gasteiger partial charge in [-0.25, -0.2) is 4.79 Å². The van der Waals surface area contributed by atoms with E-state index in [1.54, 1.807) is 18.5 Å². The number of thiophene rings is 1. The van der Waals surface area contributed by atoms with Crippen LogP contribution in [0, 0.1) is 0 Å². The van der Waals surface area contributed by atoms with Crippen molar-refractivity contribution < 1.29 is 14.3 Å². The Kier molecular flexibility index (Phi) is 4.73. The summed E-state index contributed by atoms with van der Waals surface area (Å²) in [5.74, 6) is 1.03. The van der Waals surface area contributed by atoms with Crippen molar-refractivity contribution in [3.8, 4) is 11.5 Å². The van der Waals surface area contributed by atoms with Crippen LogP contribution in [-0.2, 0) is 9.53 Å². The van der Waals surface area contributed by atoms with E-state index in [4.69, 9.17) is 4.74 Å². The Bertz CT molecular complexity index is 871. The summed E-state index contributed by atoms with van der Waals surface area (Å²) >= 11 is 4.93. The van der Waals surface area contributed by atoms with Gasteiger partial charge >= 0.3 is 5.97 Å². The first-order valence-corrected chi connectivity index (χ1v) is 8.33. The largest absolute Gasteiger partial charge is 0.466 e. The van der Waals surface area contributed by atoms with Crippen LogP contribution in [0.2, 0.25) is 0 Å². The van der Waals surface area contributed by atoms with Gasteiger partial charge in [0.25, 0.3) is 0 Å². The van der Waals surface area contributed by atoms with Crippen LogP contribution in [0.25, 0.3) is 16.2 Å². The minimum atomic E-state index is -0.382. The van der Waals surface area contributed by atoms with E-state index in [1.165, 1.54) is 24.5 Å². The maximum atomic E-state index is 11.2. The maximum Gasteiger partial charge on any atom is 0.330 e. The standard InChI is InChI=1S/C17H12BrNO3S/c1-21-17(20)7-6-13-8-14-15(9-19-10-16(14)23-13)22-12-4-2-11(18)3-5-12/h2-10H,1H3. The average molecular weight is 390 g/mol. The molecule has 1 aromatic carbocycles. The molecule has 23 heavy (non-hydrogen) atoms. The van der Waals surface area contributed by atoms with Gasteiger partial charge in [0.15, 0.2) is 5.75 Å². The van der Waals surface area contributed by atoms with E-state index in [0.717, 1.165) is 25.2 Å². The lowest BCUT2D eigenvalue weighted by atomic mass is 10.2. The Labute approximate surface area is 145 Å². The molecule has 0 saturated heterocycles. The summed E-state index contributed by atoms with van der Waals surface area (Å²) in [4.78, 5) is 16.3. The Morgan fingerprint density at radius 1 is 1.26 bits per heavy atom. The number of hydrogen-bond donors (Lipinski definition) is 0. The molecule has 0 radical (unpaired) electrons. The molecule has 0 spiro atoms. The van der Waals surface area contributed by atoms with Crippen LogP contribution in [0.4, 0.5) is 0 Å². The molecule has 0 amide bonds. The summed E-state index contributed by atoms with van der Waals surface area (Å²) in [7, 11) is 1.35. The molecule has 3 aromatic rings. The van der Waals surface area contributed by atoms with E-state index in [2.05, 4.69) is 25.7 Å². The molecule has 2 aromatic heterocycles. The molecule has 2 heterocycles. The first-order chi connectivity index (χ1) is 11.2. The summed E-state index contributed by atoms with van der Waals surface area (Å²) in [6.45, 7) is 0. The Morgan fingerprint density at radius 2 is 2.04 bits per heavy atom. The molecule has 0 unspecified atom stereocenters. The van der Waals surface area contributed by atoms with Crippen molar-refractivity contribution in [3.63, 3.8) is 0 Å². The maximum absolute atomic E-state index is 11.2. The van der Waals surface area contributed by atoms with Gasteiger partial charge in [0, 0.05) is 27.0 Å². The lowest BCUT2D eigenvalue weighted by Gasteiger charge is -2.06. The molecule has 4 nitrogen and oxygen atoms in total. The van der Waals surface area contributed by atoms with E-state index in [-0.39, 0.29) is 5.97 Å². The molecule has 0 saturated carbocycles. The first-order valence-electron chi connectivity index (χ1n) is 6.73. The molecule has 0 aliphatic rings. The highest BCUT2D eigenvalue weighted by Gasteiger charge is 2.08. The number of esters is 1.